The predicted molar refractivity (Wildman–Crippen MR) is 88.1 cm³/mol. The molecular weight excluding hydrogens is 314 g/mol. The predicted octanol–water partition coefficient (Wildman–Crippen LogP) is 1.75. The first-order valence-electron chi connectivity index (χ1n) is 7.22. The van der Waals surface area contributed by atoms with Crippen molar-refractivity contribution < 1.29 is 17.5 Å². The van der Waals surface area contributed by atoms with E-state index in [1.807, 2.05) is 66.3 Å². The number of rotatable bonds is 7. The molecule has 0 unspecified atom stereocenters. The fourth-order valence-electron chi connectivity index (χ4n) is 2.02. The first-order chi connectivity index (χ1) is 10.9. The fraction of sp³-hybridized carbons (Fsp3) is 0.250. The second kappa shape index (κ2) is 7.85. The highest BCUT2D eigenvalue weighted by Gasteiger charge is 2.06. The van der Waals surface area contributed by atoms with Crippen molar-refractivity contribution in [2.45, 2.75) is 19.9 Å². The molecule has 1 aromatic heterocycles. The summed E-state index contributed by atoms with van der Waals surface area (Å²) < 4.78 is 33.7. The van der Waals surface area contributed by atoms with Crippen molar-refractivity contribution in [1.82, 2.24) is 0 Å². The zero-order chi connectivity index (χ0) is 16.7. The minimum atomic E-state index is -4.16. The lowest BCUT2D eigenvalue weighted by molar-refractivity contribution is -0.696. The molecule has 2 aromatic rings. The Morgan fingerprint density at radius 3 is 2.65 bits per heavy atom. The van der Waals surface area contributed by atoms with Gasteiger partial charge in [0, 0.05) is 18.2 Å². The molecule has 1 heterocycles. The van der Waals surface area contributed by atoms with Crippen LogP contribution in [0, 0.1) is 0 Å². The molecule has 122 valence electrons. The number of hydrazone groups is 1. The van der Waals surface area contributed by atoms with Gasteiger partial charge in [-0.05, 0) is 25.1 Å². The Bertz CT molecular complexity index is 774. The van der Waals surface area contributed by atoms with Crippen molar-refractivity contribution >= 4 is 21.5 Å². The van der Waals surface area contributed by atoms with Crippen molar-refractivity contribution in [2.75, 3.05) is 11.2 Å². The van der Waals surface area contributed by atoms with Gasteiger partial charge >= 0.3 is 0 Å². The maximum atomic E-state index is 10.6. The lowest BCUT2D eigenvalue weighted by atomic mass is 10.2. The Hall–Kier alpha value is -2.25. The summed E-state index contributed by atoms with van der Waals surface area (Å²) in [4.78, 5) is 0. The second-order valence-corrected chi connectivity index (χ2v) is 6.64. The zero-order valence-corrected chi connectivity index (χ0v) is 13.7. The summed E-state index contributed by atoms with van der Waals surface area (Å²) >= 11 is 0. The van der Waals surface area contributed by atoms with Crippen LogP contribution in [0.15, 0.2) is 60.0 Å². The molecule has 23 heavy (non-hydrogen) atoms. The van der Waals surface area contributed by atoms with Gasteiger partial charge in [0.15, 0.2) is 12.4 Å². The van der Waals surface area contributed by atoms with Crippen LogP contribution in [0.3, 0.4) is 0 Å². The van der Waals surface area contributed by atoms with E-state index in [4.69, 9.17) is 0 Å². The molecule has 1 N–H and O–H groups in total. The third-order valence-electron chi connectivity index (χ3n) is 3.21. The van der Waals surface area contributed by atoms with E-state index < -0.39 is 10.1 Å². The van der Waals surface area contributed by atoms with Gasteiger partial charge in [0.1, 0.15) is 6.54 Å². The van der Waals surface area contributed by atoms with Crippen LogP contribution in [0.1, 0.15) is 18.9 Å². The normalized spacial score (nSPS) is 12.2. The number of para-hydroxylation sites is 1. The van der Waals surface area contributed by atoms with Crippen LogP contribution in [-0.4, -0.2) is 24.4 Å². The van der Waals surface area contributed by atoms with E-state index >= 15 is 0 Å². The van der Waals surface area contributed by atoms with E-state index in [1.54, 1.807) is 0 Å². The number of anilines is 1. The Kier molecular flexibility index (Phi) is 5.84. The fourth-order valence-corrected chi connectivity index (χ4v) is 2.51. The average molecular weight is 333 g/mol. The van der Waals surface area contributed by atoms with E-state index in [0.717, 1.165) is 17.0 Å². The van der Waals surface area contributed by atoms with Crippen molar-refractivity contribution in [1.29, 1.82) is 0 Å². The van der Waals surface area contributed by atoms with Gasteiger partial charge in [0.25, 0.3) is 0 Å². The number of hydrogen-bond acceptors (Lipinski definition) is 5. The molecule has 0 saturated carbocycles. The van der Waals surface area contributed by atoms with Gasteiger partial charge < -0.3 is 4.55 Å². The highest BCUT2D eigenvalue weighted by atomic mass is 32.2. The minimum Gasteiger partial charge on any atom is -0.748 e. The monoisotopic (exact) mass is 333 g/mol. The molecule has 0 amide bonds. The lowest BCUT2D eigenvalue weighted by Gasteiger charge is -2.05. The molecule has 0 bridgehead atoms. The molecule has 0 saturated heterocycles. The maximum absolute atomic E-state index is 10.6. The third-order valence-corrected chi connectivity index (χ3v) is 4.00. The standard InChI is InChI=1S/C16H19N3O3S/c1-14(17-18-16-8-3-2-4-9-16)15-7-5-10-19(13-15)11-6-12-23(20,21)22/h2-5,7-10,13,18H,6,11-12H2,1H3/b17-14-. The Morgan fingerprint density at radius 2 is 1.96 bits per heavy atom. The van der Waals surface area contributed by atoms with E-state index in [-0.39, 0.29) is 5.75 Å². The van der Waals surface area contributed by atoms with E-state index in [9.17, 15) is 13.0 Å². The van der Waals surface area contributed by atoms with Crippen LogP contribution >= 0.6 is 0 Å². The summed E-state index contributed by atoms with van der Waals surface area (Å²) in [5.74, 6) is -0.354. The van der Waals surface area contributed by atoms with Crippen molar-refractivity contribution in [2.24, 2.45) is 5.10 Å². The van der Waals surface area contributed by atoms with Crippen LogP contribution < -0.4 is 9.99 Å². The van der Waals surface area contributed by atoms with Gasteiger partial charge in [0.05, 0.1) is 27.1 Å². The third kappa shape index (κ3) is 6.17. The molecule has 0 aliphatic heterocycles. The summed E-state index contributed by atoms with van der Waals surface area (Å²) in [6.45, 7) is 2.35. The first kappa shape index (κ1) is 17.1. The van der Waals surface area contributed by atoms with E-state index in [0.29, 0.717) is 13.0 Å². The first-order valence-corrected chi connectivity index (χ1v) is 8.80. The number of nitrogens with zero attached hydrogens (tertiary/aromatic N) is 2. The highest BCUT2D eigenvalue weighted by Crippen LogP contribution is 2.06. The summed E-state index contributed by atoms with van der Waals surface area (Å²) in [5, 5.41) is 4.33. The van der Waals surface area contributed by atoms with E-state index in [1.165, 1.54) is 0 Å². The SMILES string of the molecule is C/C(=N/Nc1ccccc1)c1ccc[n+](CCCS(=O)(=O)[O-])c1. The van der Waals surface area contributed by atoms with Gasteiger partial charge in [-0.2, -0.15) is 5.10 Å². The summed E-state index contributed by atoms with van der Waals surface area (Å²) in [5.41, 5.74) is 5.61. The summed E-state index contributed by atoms with van der Waals surface area (Å²) in [6, 6.07) is 13.4. The number of aromatic nitrogens is 1. The number of benzene rings is 1. The largest absolute Gasteiger partial charge is 0.748 e. The van der Waals surface area contributed by atoms with Crippen LogP contribution in [-0.2, 0) is 16.7 Å². The zero-order valence-electron chi connectivity index (χ0n) is 12.8. The van der Waals surface area contributed by atoms with Crippen LogP contribution in [0.2, 0.25) is 0 Å². The molecule has 7 heteroatoms. The maximum Gasteiger partial charge on any atom is 0.177 e. The molecule has 0 radical (unpaired) electrons. The molecule has 0 fully saturated rings. The Balaban J connectivity index is 2.00. The van der Waals surface area contributed by atoms with Gasteiger partial charge in [-0.1, -0.05) is 18.2 Å². The topological polar surface area (TPSA) is 85.5 Å². The molecule has 1 aromatic carbocycles. The molecule has 6 nitrogen and oxygen atoms in total. The molecule has 0 atom stereocenters. The van der Waals surface area contributed by atoms with Crippen molar-refractivity contribution in [3.8, 4) is 0 Å². The Morgan fingerprint density at radius 1 is 1.22 bits per heavy atom. The van der Waals surface area contributed by atoms with Crippen LogP contribution in [0.25, 0.3) is 0 Å². The van der Waals surface area contributed by atoms with Crippen LogP contribution in [0.4, 0.5) is 5.69 Å². The Labute approximate surface area is 136 Å². The van der Waals surface area contributed by atoms with Crippen LogP contribution in [0.5, 0.6) is 0 Å². The smallest absolute Gasteiger partial charge is 0.177 e. The average Bonchev–Trinajstić information content (AvgIpc) is 2.53. The van der Waals surface area contributed by atoms with Crippen molar-refractivity contribution in [3.63, 3.8) is 0 Å². The molecule has 0 aliphatic rings. The number of pyridine rings is 1. The molecule has 0 aliphatic carbocycles. The minimum absolute atomic E-state index is 0.290. The highest BCUT2D eigenvalue weighted by molar-refractivity contribution is 7.85. The van der Waals surface area contributed by atoms with Gasteiger partial charge in [-0.25, -0.2) is 13.0 Å². The number of hydrogen-bond donors (Lipinski definition) is 1. The lowest BCUT2D eigenvalue weighted by Crippen LogP contribution is -2.34. The van der Waals surface area contributed by atoms with Gasteiger partial charge in [-0.15, -0.1) is 0 Å². The summed E-state index contributed by atoms with van der Waals surface area (Å²) in [7, 11) is -4.16. The van der Waals surface area contributed by atoms with E-state index in [2.05, 4.69) is 10.5 Å². The van der Waals surface area contributed by atoms with Crippen molar-refractivity contribution in [3.05, 3.63) is 60.4 Å². The summed E-state index contributed by atoms with van der Waals surface area (Å²) in [6.07, 6.45) is 4.00. The second-order valence-electron chi connectivity index (χ2n) is 5.12. The number of nitrogens with one attached hydrogen (secondary N) is 1. The number of aryl methyl sites for hydroxylation is 1. The molecule has 2 rings (SSSR count). The quantitative estimate of drug-likeness (QED) is 0.362. The molecule has 0 spiro atoms. The van der Waals surface area contributed by atoms with Gasteiger partial charge in [0.2, 0.25) is 0 Å². The van der Waals surface area contributed by atoms with Gasteiger partial charge in [-0.3, -0.25) is 5.43 Å². The molecular formula is C16H19N3O3S.